The van der Waals surface area contributed by atoms with Crippen molar-refractivity contribution in [3.8, 4) is 11.8 Å². The number of hydrogen-bond donors (Lipinski definition) is 0. The van der Waals surface area contributed by atoms with E-state index in [1.807, 2.05) is 20.9 Å². The minimum atomic E-state index is 0.0578. The van der Waals surface area contributed by atoms with Crippen LogP contribution in [0.25, 0.3) is 0 Å². The van der Waals surface area contributed by atoms with Crippen molar-refractivity contribution < 1.29 is 4.79 Å². The van der Waals surface area contributed by atoms with Crippen LogP contribution in [-0.2, 0) is 7.05 Å². The van der Waals surface area contributed by atoms with Crippen molar-refractivity contribution in [2.45, 2.75) is 27.2 Å². The first-order valence-electron chi connectivity index (χ1n) is 4.51. The van der Waals surface area contributed by atoms with Crippen LogP contribution >= 0.6 is 0 Å². The maximum atomic E-state index is 11.7. The fraction of sp³-hybridized carbons (Fsp3) is 0.455. The zero-order valence-electron chi connectivity index (χ0n) is 9.01. The van der Waals surface area contributed by atoms with Crippen molar-refractivity contribution in [2.75, 3.05) is 0 Å². The summed E-state index contributed by atoms with van der Waals surface area (Å²) < 4.78 is 1.72. The zero-order chi connectivity index (χ0) is 10.7. The molecule has 0 saturated heterocycles. The lowest BCUT2D eigenvalue weighted by atomic mass is 10.1. The molecule has 0 amide bonds. The highest BCUT2D eigenvalue weighted by molar-refractivity contribution is 5.99. The maximum absolute atomic E-state index is 11.7. The van der Waals surface area contributed by atoms with E-state index < -0.39 is 0 Å². The molecule has 1 heterocycles. The minimum absolute atomic E-state index is 0.0578. The summed E-state index contributed by atoms with van der Waals surface area (Å²) in [5, 5.41) is 4.19. The third-order valence-electron chi connectivity index (χ3n) is 2.21. The van der Waals surface area contributed by atoms with Crippen LogP contribution in [0.4, 0.5) is 0 Å². The van der Waals surface area contributed by atoms with E-state index in [1.165, 1.54) is 0 Å². The second-order valence-corrected chi connectivity index (χ2v) is 3.20. The molecule has 0 aliphatic rings. The van der Waals surface area contributed by atoms with Gasteiger partial charge in [0.05, 0.1) is 17.7 Å². The zero-order valence-corrected chi connectivity index (χ0v) is 9.01. The van der Waals surface area contributed by atoms with E-state index in [0.717, 1.165) is 17.0 Å². The van der Waals surface area contributed by atoms with E-state index in [1.54, 1.807) is 11.6 Å². The summed E-state index contributed by atoms with van der Waals surface area (Å²) in [5.41, 5.74) is 2.41. The third kappa shape index (κ3) is 1.85. The smallest absolute Gasteiger partial charge is 0.178 e. The summed E-state index contributed by atoms with van der Waals surface area (Å²) in [6.45, 7) is 5.47. The lowest BCUT2D eigenvalue weighted by Gasteiger charge is -1.96. The van der Waals surface area contributed by atoms with Gasteiger partial charge in [0, 0.05) is 12.7 Å². The number of aryl methyl sites for hydroxylation is 2. The number of carbonyl (C=O) groups excluding carboxylic acids is 1. The molecule has 0 aliphatic heterocycles. The van der Waals surface area contributed by atoms with Crippen LogP contribution in [0.5, 0.6) is 0 Å². The van der Waals surface area contributed by atoms with Gasteiger partial charge in [0.1, 0.15) is 0 Å². The molecule has 14 heavy (non-hydrogen) atoms. The van der Waals surface area contributed by atoms with Gasteiger partial charge in [-0.2, -0.15) is 5.10 Å². The van der Waals surface area contributed by atoms with Crippen molar-refractivity contribution in [2.24, 2.45) is 7.05 Å². The first-order chi connectivity index (χ1) is 6.57. The van der Waals surface area contributed by atoms with Gasteiger partial charge in [-0.3, -0.25) is 9.48 Å². The Morgan fingerprint density at radius 3 is 2.57 bits per heavy atom. The summed E-state index contributed by atoms with van der Waals surface area (Å²) in [6.07, 6.45) is 0.282. The number of aromatic nitrogens is 2. The molecule has 1 aromatic heterocycles. The Bertz CT molecular complexity index is 418. The van der Waals surface area contributed by atoms with Crippen LogP contribution in [0.1, 0.15) is 35.1 Å². The highest BCUT2D eigenvalue weighted by Crippen LogP contribution is 2.13. The van der Waals surface area contributed by atoms with Gasteiger partial charge >= 0.3 is 0 Å². The topological polar surface area (TPSA) is 34.9 Å². The molecule has 0 aromatic carbocycles. The number of nitrogens with zero attached hydrogens (tertiary/aromatic N) is 2. The lowest BCUT2D eigenvalue weighted by molar-refractivity contribution is 0.0997. The fourth-order valence-electron chi connectivity index (χ4n) is 1.43. The van der Waals surface area contributed by atoms with Gasteiger partial charge in [-0.1, -0.05) is 5.92 Å². The number of carbonyl (C=O) groups is 1. The Hall–Kier alpha value is -1.56. The molecule has 3 nitrogen and oxygen atoms in total. The molecule has 0 radical (unpaired) electrons. The summed E-state index contributed by atoms with van der Waals surface area (Å²) in [5.74, 6) is 5.55. The van der Waals surface area contributed by atoms with Gasteiger partial charge in [0.15, 0.2) is 5.78 Å². The normalized spacial score (nSPS) is 9.43. The molecule has 0 bridgehead atoms. The summed E-state index contributed by atoms with van der Waals surface area (Å²) in [6, 6.07) is 0. The lowest BCUT2D eigenvalue weighted by Crippen LogP contribution is -2.01. The maximum Gasteiger partial charge on any atom is 0.178 e. The van der Waals surface area contributed by atoms with E-state index in [2.05, 4.69) is 16.9 Å². The molecule has 0 saturated carbocycles. The van der Waals surface area contributed by atoms with Crippen LogP contribution < -0.4 is 0 Å². The van der Waals surface area contributed by atoms with Gasteiger partial charge in [0.2, 0.25) is 0 Å². The second kappa shape index (κ2) is 4.10. The average molecular weight is 190 g/mol. The first kappa shape index (κ1) is 10.5. The van der Waals surface area contributed by atoms with Gasteiger partial charge < -0.3 is 0 Å². The van der Waals surface area contributed by atoms with Gasteiger partial charge in [-0.25, -0.2) is 0 Å². The Morgan fingerprint density at radius 1 is 1.50 bits per heavy atom. The standard InChI is InChI=1S/C11H14N2O/c1-5-6-7-10(14)11-8(2)12-13(4)9(11)3/h7H2,1-4H3. The average Bonchev–Trinajstić information content (AvgIpc) is 2.38. The molecule has 0 aliphatic carbocycles. The van der Waals surface area contributed by atoms with Crippen molar-refractivity contribution >= 4 is 5.78 Å². The second-order valence-electron chi connectivity index (χ2n) is 3.20. The Balaban J connectivity index is 3.04. The van der Waals surface area contributed by atoms with E-state index in [9.17, 15) is 4.79 Å². The molecule has 0 unspecified atom stereocenters. The van der Waals surface area contributed by atoms with Crippen molar-refractivity contribution in [3.63, 3.8) is 0 Å². The van der Waals surface area contributed by atoms with Crippen LogP contribution in [0, 0.1) is 25.7 Å². The van der Waals surface area contributed by atoms with E-state index in [-0.39, 0.29) is 12.2 Å². The molecule has 0 spiro atoms. The first-order valence-corrected chi connectivity index (χ1v) is 4.51. The molecule has 3 heteroatoms. The molecule has 0 atom stereocenters. The highest BCUT2D eigenvalue weighted by atomic mass is 16.1. The molecule has 0 fully saturated rings. The monoisotopic (exact) mass is 190 g/mol. The van der Waals surface area contributed by atoms with Crippen LogP contribution in [-0.4, -0.2) is 15.6 Å². The summed E-state index contributed by atoms with van der Waals surface area (Å²) in [7, 11) is 1.84. The number of ketones is 1. The van der Waals surface area contributed by atoms with E-state index in [4.69, 9.17) is 0 Å². The fourth-order valence-corrected chi connectivity index (χ4v) is 1.43. The third-order valence-corrected chi connectivity index (χ3v) is 2.21. The molecule has 1 aromatic rings. The Kier molecular flexibility index (Phi) is 3.08. The van der Waals surface area contributed by atoms with Gasteiger partial charge in [-0.15, -0.1) is 5.92 Å². The van der Waals surface area contributed by atoms with Gasteiger partial charge in [-0.05, 0) is 20.8 Å². The number of Topliss-reactive ketones (excluding diaryl/α,β-unsaturated/α-hetero) is 1. The van der Waals surface area contributed by atoms with E-state index in [0.29, 0.717) is 0 Å². The van der Waals surface area contributed by atoms with Crippen molar-refractivity contribution in [1.29, 1.82) is 0 Å². The highest BCUT2D eigenvalue weighted by Gasteiger charge is 2.15. The summed E-state index contributed by atoms with van der Waals surface area (Å²) in [4.78, 5) is 11.7. The largest absolute Gasteiger partial charge is 0.293 e. The Labute approximate surface area is 84.1 Å². The van der Waals surface area contributed by atoms with Crippen LogP contribution in [0.15, 0.2) is 0 Å². The Morgan fingerprint density at radius 2 is 2.14 bits per heavy atom. The molecular weight excluding hydrogens is 176 g/mol. The van der Waals surface area contributed by atoms with E-state index >= 15 is 0 Å². The minimum Gasteiger partial charge on any atom is -0.293 e. The molecular formula is C11H14N2O. The predicted octanol–water partition coefficient (Wildman–Crippen LogP) is 1.63. The quantitative estimate of drug-likeness (QED) is 0.525. The van der Waals surface area contributed by atoms with Crippen molar-refractivity contribution in [3.05, 3.63) is 17.0 Å². The molecule has 0 N–H and O–H groups in total. The SMILES string of the molecule is CC#CCC(=O)c1c(C)nn(C)c1C. The van der Waals surface area contributed by atoms with Crippen LogP contribution in [0.2, 0.25) is 0 Å². The number of hydrogen-bond acceptors (Lipinski definition) is 2. The number of rotatable bonds is 2. The molecule has 1 rings (SSSR count). The van der Waals surface area contributed by atoms with Gasteiger partial charge in [0.25, 0.3) is 0 Å². The summed E-state index contributed by atoms with van der Waals surface area (Å²) >= 11 is 0. The van der Waals surface area contributed by atoms with Crippen LogP contribution in [0.3, 0.4) is 0 Å². The predicted molar refractivity (Wildman–Crippen MR) is 55.1 cm³/mol. The molecule has 74 valence electrons. The van der Waals surface area contributed by atoms with Crippen molar-refractivity contribution in [1.82, 2.24) is 9.78 Å².